The molecule has 2 rings (SSSR count). The summed E-state index contributed by atoms with van der Waals surface area (Å²) in [6.45, 7) is 1.86. The lowest BCUT2D eigenvalue weighted by Gasteiger charge is -2.04. The Hall–Kier alpha value is -2.64. The predicted octanol–water partition coefficient (Wildman–Crippen LogP) is 3.49. The molecule has 1 aromatic carbocycles. The fourth-order valence-electron chi connectivity index (χ4n) is 1.58. The van der Waals surface area contributed by atoms with E-state index in [1.54, 1.807) is 0 Å². The van der Waals surface area contributed by atoms with Gasteiger partial charge in [0.1, 0.15) is 0 Å². The Morgan fingerprint density at radius 3 is 2.45 bits per heavy atom. The molecule has 0 bridgehead atoms. The second-order valence-electron chi connectivity index (χ2n) is 4.34. The summed E-state index contributed by atoms with van der Waals surface area (Å²) in [6.07, 6.45) is -4.21. The summed E-state index contributed by atoms with van der Waals surface area (Å²) in [5.41, 5.74) is 0.530. The molecule has 5 nitrogen and oxygen atoms in total. The number of alkyl halides is 3. The molecule has 1 aromatic heterocycles. The molecule has 0 spiro atoms. The summed E-state index contributed by atoms with van der Waals surface area (Å²) in [4.78, 5) is 15.7. The van der Waals surface area contributed by atoms with Crippen LogP contribution in [-0.4, -0.2) is 27.2 Å². The van der Waals surface area contributed by atoms with Crippen LogP contribution in [0.5, 0.6) is 0 Å². The maximum atomic E-state index is 12.1. The van der Waals surface area contributed by atoms with Crippen molar-refractivity contribution in [2.45, 2.75) is 19.5 Å². The molecule has 1 N–H and O–H groups in total. The Balaban J connectivity index is 2.20. The molecular formula is C14H11F3N2O3. The van der Waals surface area contributed by atoms with Crippen molar-refractivity contribution < 1.29 is 27.6 Å². The van der Waals surface area contributed by atoms with E-state index < -0.39 is 17.7 Å². The average molecular weight is 312 g/mol. The smallest absolute Gasteiger partial charge is 0.448 e. The largest absolute Gasteiger partial charge is 0.504 e. The van der Waals surface area contributed by atoms with Crippen LogP contribution in [0.15, 0.2) is 40.6 Å². The van der Waals surface area contributed by atoms with Gasteiger partial charge in [0, 0.05) is 23.6 Å². The number of halogens is 3. The summed E-state index contributed by atoms with van der Waals surface area (Å²) >= 11 is 0. The molecule has 0 aliphatic rings. The van der Waals surface area contributed by atoms with Crippen molar-refractivity contribution in [1.29, 1.82) is 0 Å². The number of ketones is 1. The summed E-state index contributed by atoms with van der Waals surface area (Å²) in [5.74, 6) is -2.12. The van der Waals surface area contributed by atoms with Crippen LogP contribution in [0.4, 0.5) is 13.2 Å². The molecule has 0 unspecified atom stereocenters. The van der Waals surface area contributed by atoms with Crippen LogP contribution in [0.3, 0.4) is 0 Å². The van der Waals surface area contributed by atoms with Crippen molar-refractivity contribution in [2.24, 2.45) is 0 Å². The average Bonchev–Trinajstić information content (AvgIpc) is 2.95. The number of carbonyl (C=O) groups excluding carboxylic acids is 1. The van der Waals surface area contributed by atoms with Gasteiger partial charge in [0.25, 0.3) is 5.89 Å². The highest BCUT2D eigenvalue weighted by Crippen LogP contribution is 2.24. The van der Waals surface area contributed by atoms with E-state index in [9.17, 15) is 18.0 Å². The molecule has 116 valence electrons. The zero-order chi connectivity index (χ0) is 16.3. The number of carbonyl (C=O) groups is 1. The highest BCUT2D eigenvalue weighted by molar-refractivity contribution is 6.05. The highest BCUT2D eigenvalue weighted by atomic mass is 19.4. The monoisotopic (exact) mass is 312 g/mol. The number of nitrogens with zero attached hydrogens (tertiary/aromatic N) is 2. The minimum Gasteiger partial charge on any atom is -0.504 e. The fraction of sp³-hybridized carbons (Fsp3) is 0.214. The maximum absolute atomic E-state index is 12.1. The number of hydrogen-bond donors (Lipinski definition) is 1. The van der Waals surface area contributed by atoms with Crippen molar-refractivity contribution in [1.82, 2.24) is 10.1 Å². The Morgan fingerprint density at radius 2 is 1.95 bits per heavy atom. The number of benzene rings is 1. The quantitative estimate of drug-likeness (QED) is 0.531. The minimum absolute atomic E-state index is 0.00483. The minimum atomic E-state index is -4.95. The van der Waals surface area contributed by atoms with Crippen LogP contribution in [-0.2, 0) is 6.42 Å². The van der Waals surface area contributed by atoms with E-state index in [0.717, 1.165) is 0 Å². The first kappa shape index (κ1) is 15.7. The van der Waals surface area contributed by atoms with Gasteiger partial charge in [-0.15, -0.1) is 0 Å². The Bertz CT molecular complexity index is 703. The van der Waals surface area contributed by atoms with Crippen LogP contribution in [0.1, 0.15) is 23.1 Å². The standard InChI is InChI=1S/C14H11F3N2O3/c1-2-12-18-13(22-19-12)9-5-3-8(4-6-9)10(20)7-11(21)14(15,16)17/h3-7,21H,2H2,1H3/b11-7-. The molecule has 8 heteroatoms. The molecule has 0 radical (unpaired) electrons. The van der Waals surface area contributed by atoms with Gasteiger partial charge < -0.3 is 9.63 Å². The molecule has 22 heavy (non-hydrogen) atoms. The number of aliphatic hydroxyl groups excluding tert-OH is 1. The second-order valence-corrected chi connectivity index (χ2v) is 4.34. The van der Waals surface area contributed by atoms with E-state index in [4.69, 9.17) is 9.63 Å². The third kappa shape index (κ3) is 3.51. The zero-order valence-electron chi connectivity index (χ0n) is 11.4. The van der Waals surface area contributed by atoms with E-state index in [2.05, 4.69) is 10.1 Å². The molecule has 0 amide bonds. The summed E-state index contributed by atoms with van der Waals surface area (Å²) in [6, 6.07) is 5.57. The van der Waals surface area contributed by atoms with Crippen molar-refractivity contribution in [3.8, 4) is 11.5 Å². The van der Waals surface area contributed by atoms with Crippen molar-refractivity contribution >= 4 is 5.78 Å². The van der Waals surface area contributed by atoms with E-state index >= 15 is 0 Å². The van der Waals surface area contributed by atoms with Gasteiger partial charge in [0.2, 0.25) is 5.76 Å². The van der Waals surface area contributed by atoms with Gasteiger partial charge >= 0.3 is 6.18 Å². The molecule has 0 saturated heterocycles. The normalized spacial score (nSPS) is 12.5. The number of aliphatic hydroxyl groups is 1. The van der Waals surface area contributed by atoms with Gasteiger partial charge in [0.05, 0.1) is 0 Å². The number of rotatable bonds is 4. The first-order valence-electron chi connectivity index (χ1n) is 6.26. The third-order valence-corrected chi connectivity index (χ3v) is 2.76. The van der Waals surface area contributed by atoms with Gasteiger partial charge in [-0.25, -0.2) is 0 Å². The van der Waals surface area contributed by atoms with Crippen molar-refractivity contribution in [2.75, 3.05) is 0 Å². The van der Waals surface area contributed by atoms with Crippen LogP contribution >= 0.6 is 0 Å². The van der Waals surface area contributed by atoms with E-state index in [1.807, 2.05) is 6.92 Å². The summed E-state index contributed by atoms with van der Waals surface area (Å²) < 4.78 is 41.4. The van der Waals surface area contributed by atoms with Crippen LogP contribution in [0, 0.1) is 0 Å². The number of aromatic nitrogens is 2. The Morgan fingerprint density at radius 1 is 1.32 bits per heavy atom. The van der Waals surface area contributed by atoms with Crippen molar-refractivity contribution in [3.63, 3.8) is 0 Å². The SMILES string of the molecule is CCc1noc(-c2ccc(C(=O)/C=C(\O)C(F)(F)F)cc2)n1. The molecular weight excluding hydrogens is 301 g/mol. The highest BCUT2D eigenvalue weighted by Gasteiger charge is 2.34. The van der Waals surface area contributed by atoms with Crippen LogP contribution < -0.4 is 0 Å². The van der Waals surface area contributed by atoms with Crippen molar-refractivity contribution in [3.05, 3.63) is 47.5 Å². The Labute approximate surface area is 123 Å². The van der Waals surface area contributed by atoms with E-state index in [-0.39, 0.29) is 17.5 Å². The van der Waals surface area contributed by atoms with E-state index in [0.29, 0.717) is 17.8 Å². The van der Waals surface area contributed by atoms with Gasteiger partial charge in [0.15, 0.2) is 11.6 Å². The Kier molecular flexibility index (Phi) is 4.30. The molecule has 0 atom stereocenters. The molecule has 0 aliphatic heterocycles. The molecule has 0 aliphatic carbocycles. The van der Waals surface area contributed by atoms with Crippen LogP contribution in [0.25, 0.3) is 11.5 Å². The lowest BCUT2D eigenvalue weighted by Crippen LogP contribution is -2.13. The molecule has 1 heterocycles. The molecule has 0 saturated carbocycles. The summed E-state index contributed by atoms with van der Waals surface area (Å²) in [5, 5.41) is 12.5. The third-order valence-electron chi connectivity index (χ3n) is 2.76. The lowest BCUT2D eigenvalue weighted by atomic mass is 10.1. The number of aryl methyl sites for hydroxylation is 1. The maximum Gasteiger partial charge on any atom is 0.448 e. The summed E-state index contributed by atoms with van der Waals surface area (Å²) in [7, 11) is 0. The predicted molar refractivity (Wildman–Crippen MR) is 70.2 cm³/mol. The second kappa shape index (κ2) is 6.00. The zero-order valence-corrected chi connectivity index (χ0v) is 11.4. The van der Waals surface area contributed by atoms with Gasteiger partial charge in [-0.05, 0) is 12.1 Å². The topological polar surface area (TPSA) is 76.2 Å². The van der Waals surface area contributed by atoms with Gasteiger partial charge in [-0.1, -0.05) is 24.2 Å². The van der Waals surface area contributed by atoms with Gasteiger partial charge in [-0.2, -0.15) is 18.2 Å². The fourth-order valence-corrected chi connectivity index (χ4v) is 1.58. The first-order chi connectivity index (χ1) is 10.3. The number of allylic oxidation sites excluding steroid dienone is 2. The molecule has 2 aromatic rings. The van der Waals surface area contributed by atoms with Gasteiger partial charge in [-0.3, -0.25) is 4.79 Å². The first-order valence-corrected chi connectivity index (χ1v) is 6.26. The lowest BCUT2D eigenvalue weighted by molar-refractivity contribution is -0.120. The van der Waals surface area contributed by atoms with Crippen LogP contribution in [0.2, 0.25) is 0 Å². The number of hydrogen-bond acceptors (Lipinski definition) is 5. The van der Waals surface area contributed by atoms with E-state index in [1.165, 1.54) is 24.3 Å². The molecule has 0 fully saturated rings.